The SMILES string of the molecule is C=Cc1cccc(C(C(=O)NC(C)CCC)N(CCCC)C(=O)C(NC(=O)OC(C)(C)C)C(C)CC)c1. The molecule has 1 rings (SSSR count). The summed E-state index contributed by atoms with van der Waals surface area (Å²) in [7, 11) is 0. The first-order valence-electron chi connectivity index (χ1n) is 13.7. The van der Waals surface area contributed by atoms with Crippen molar-refractivity contribution in [2.75, 3.05) is 6.54 Å². The number of carbonyl (C=O) groups excluding carboxylic acids is 3. The van der Waals surface area contributed by atoms with Crippen molar-refractivity contribution >= 4 is 24.0 Å². The molecule has 208 valence electrons. The van der Waals surface area contributed by atoms with E-state index in [0.717, 1.165) is 31.2 Å². The molecule has 1 aromatic carbocycles. The van der Waals surface area contributed by atoms with Crippen molar-refractivity contribution in [2.45, 2.75) is 111 Å². The van der Waals surface area contributed by atoms with Crippen LogP contribution in [0.15, 0.2) is 30.8 Å². The van der Waals surface area contributed by atoms with Crippen molar-refractivity contribution in [3.63, 3.8) is 0 Å². The van der Waals surface area contributed by atoms with E-state index in [2.05, 4.69) is 24.1 Å². The molecular formula is C30H49N3O4. The van der Waals surface area contributed by atoms with Gasteiger partial charge in [0.25, 0.3) is 0 Å². The largest absolute Gasteiger partial charge is 0.444 e. The molecule has 0 aliphatic heterocycles. The third-order valence-electron chi connectivity index (χ3n) is 6.32. The number of ether oxygens (including phenoxy) is 1. The Morgan fingerprint density at radius 3 is 2.30 bits per heavy atom. The minimum Gasteiger partial charge on any atom is -0.444 e. The maximum atomic E-state index is 14.2. The predicted molar refractivity (Wildman–Crippen MR) is 151 cm³/mol. The van der Waals surface area contributed by atoms with Gasteiger partial charge in [0.2, 0.25) is 11.8 Å². The van der Waals surface area contributed by atoms with E-state index in [1.807, 2.05) is 52.0 Å². The fraction of sp³-hybridized carbons (Fsp3) is 0.633. The lowest BCUT2D eigenvalue weighted by atomic mass is 9.95. The second-order valence-electron chi connectivity index (χ2n) is 10.9. The molecule has 2 N–H and O–H groups in total. The van der Waals surface area contributed by atoms with Gasteiger partial charge in [0.1, 0.15) is 17.7 Å². The number of nitrogens with zero attached hydrogens (tertiary/aromatic N) is 1. The van der Waals surface area contributed by atoms with Crippen LogP contribution in [-0.4, -0.2) is 47.0 Å². The second-order valence-corrected chi connectivity index (χ2v) is 10.9. The van der Waals surface area contributed by atoms with Crippen molar-refractivity contribution in [1.82, 2.24) is 15.5 Å². The fourth-order valence-corrected chi connectivity index (χ4v) is 4.15. The standard InChI is InChI=1S/C30H49N3O4/c1-10-14-19-33(28(35)25(21(5)12-3)32-29(36)37-30(7,8)9)26(27(34)31-22(6)16-11-2)24-18-15-17-23(13-4)20-24/h13,15,17-18,20-22,25-26H,4,10-12,14,16,19H2,1-3,5-9H3,(H,31,34)(H,32,36). The summed E-state index contributed by atoms with van der Waals surface area (Å²) in [6, 6.07) is 5.84. The van der Waals surface area contributed by atoms with E-state index < -0.39 is 23.8 Å². The number of nitrogens with one attached hydrogen (secondary N) is 2. The van der Waals surface area contributed by atoms with Crippen molar-refractivity contribution in [3.8, 4) is 0 Å². The quantitative estimate of drug-likeness (QED) is 0.307. The zero-order valence-electron chi connectivity index (χ0n) is 24.2. The summed E-state index contributed by atoms with van der Waals surface area (Å²) >= 11 is 0. The first-order chi connectivity index (χ1) is 17.4. The third-order valence-corrected chi connectivity index (χ3v) is 6.32. The van der Waals surface area contributed by atoms with Gasteiger partial charge in [0.15, 0.2) is 0 Å². The van der Waals surface area contributed by atoms with Crippen LogP contribution in [0.5, 0.6) is 0 Å². The lowest BCUT2D eigenvalue weighted by molar-refractivity contribution is -0.143. The zero-order valence-corrected chi connectivity index (χ0v) is 24.2. The molecule has 0 spiro atoms. The van der Waals surface area contributed by atoms with Crippen molar-refractivity contribution in [3.05, 3.63) is 42.0 Å². The second kappa shape index (κ2) is 15.4. The van der Waals surface area contributed by atoms with Gasteiger partial charge in [-0.1, -0.05) is 77.8 Å². The van der Waals surface area contributed by atoms with E-state index in [9.17, 15) is 14.4 Å². The van der Waals surface area contributed by atoms with Crippen LogP contribution >= 0.6 is 0 Å². The van der Waals surface area contributed by atoms with Gasteiger partial charge in [-0.3, -0.25) is 9.59 Å². The highest BCUT2D eigenvalue weighted by atomic mass is 16.6. The zero-order chi connectivity index (χ0) is 28.2. The van der Waals surface area contributed by atoms with E-state index >= 15 is 0 Å². The first-order valence-corrected chi connectivity index (χ1v) is 13.7. The number of hydrogen-bond acceptors (Lipinski definition) is 4. The molecule has 0 radical (unpaired) electrons. The molecule has 0 aromatic heterocycles. The molecule has 7 nitrogen and oxygen atoms in total. The fourth-order valence-electron chi connectivity index (χ4n) is 4.15. The van der Waals surface area contributed by atoms with Crippen LogP contribution in [0.1, 0.15) is 105 Å². The normalized spacial score (nSPS) is 14.6. The Morgan fingerprint density at radius 1 is 1.08 bits per heavy atom. The van der Waals surface area contributed by atoms with E-state index in [1.54, 1.807) is 31.7 Å². The summed E-state index contributed by atoms with van der Waals surface area (Å²) in [6.45, 7) is 19.6. The summed E-state index contributed by atoms with van der Waals surface area (Å²) in [6.07, 6.45) is 5.10. The summed E-state index contributed by atoms with van der Waals surface area (Å²) in [5.74, 6) is -0.681. The highest BCUT2D eigenvalue weighted by molar-refractivity contribution is 5.92. The molecule has 3 amide bonds. The van der Waals surface area contributed by atoms with Crippen LogP contribution in [0.2, 0.25) is 0 Å². The monoisotopic (exact) mass is 515 g/mol. The van der Waals surface area contributed by atoms with Gasteiger partial charge in [-0.05, 0) is 63.6 Å². The molecule has 0 fully saturated rings. The first kappa shape index (κ1) is 32.2. The number of unbranched alkanes of at least 4 members (excludes halogenated alkanes) is 1. The van der Waals surface area contributed by atoms with Gasteiger partial charge in [-0.2, -0.15) is 0 Å². The van der Waals surface area contributed by atoms with Crippen LogP contribution in [0.4, 0.5) is 4.79 Å². The van der Waals surface area contributed by atoms with Gasteiger partial charge >= 0.3 is 6.09 Å². The average molecular weight is 516 g/mol. The average Bonchev–Trinajstić information content (AvgIpc) is 2.83. The summed E-state index contributed by atoms with van der Waals surface area (Å²) < 4.78 is 5.47. The lowest BCUT2D eigenvalue weighted by Crippen LogP contribution is -2.55. The van der Waals surface area contributed by atoms with Crippen LogP contribution in [0, 0.1) is 5.92 Å². The smallest absolute Gasteiger partial charge is 0.408 e. The number of carbonyl (C=O) groups is 3. The number of rotatable bonds is 14. The van der Waals surface area contributed by atoms with E-state index in [-0.39, 0.29) is 23.8 Å². The molecular weight excluding hydrogens is 466 g/mol. The highest BCUT2D eigenvalue weighted by Crippen LogP contribution is 2.26. The lowest BCUT2D eigenvalue weighted by Gasteiger charge is -2.36. The minimum atomic E-state index is -0.842. The molecule has 0 aliphatic rings. The Morgan fingerprint density at radius 2 is 1.76 bits per heavy atom. The molecule has 0 aliphatic carbocycles. The Labute approximate surface area is 224 Å². The van der Waals surface area contributed by atoms with Crippen LogP contribution in [0.25, 0.3) is 6.08 Å². The summed E-state index contributed by atoms with van der Waals surface area (Å²) in [5.41, 5.74) is 0.881. The molecule has 37 heavy (non-hydrogen) atoms. The Kier molecular flexibility index (Phi) is 13.4. The van der Waals surface area contributed by atoms with Crippen molar-refractivity contribution in [2.24, 2.45) is 5.92 Å². The van der Waals surface area contributed by atoms with Crippen molar-refractivity contribution < 1.29 is 19.1 Å². The summed E-state index contributed by atoms with van der Waals surface area (Å²) in [4.78, 5) is 42.3. The number of hydrogen-bond donors (Lipinski definition) is 2. The van der Waals surface area contributed by atoms with Crippen LogP contribution in [0.3, 0.4) is 0 Å². The minimum absolute atomic E-state index is 0.0315. The van der Waals surface area contributed by atoms with Crippen molar-refractivity contribution in [1.29, 1.82) is 0 Å². The third kappa shape index (κ3) is 10.6. The molecule has 0 heterocycles. The van der Waals surface area contributed by atoms with Gasteiger partial charge in [-0.15, -0.1) is 0 Å². The van der Waals surface area contributed by atoms with Gasteiger partial charge < -0.3 is 20.3 Å². The molecule has 4 atom stereocenters. The number of amides is 3. The summed E-state index contributed by atoms with van der Waals surface area (Å²) in [5, 5.41) is 5.92. The molecule has 0 saturated heterocycles. The Balaban J connectivity index is 3.55. The molecule has 4 unspecified atom stereocenters. The Hall–Kier alpha value is -2.83. The van der Waals surface area contributed by atoms with Crippen LogP contribution < -0.4 is 10.6 Å². The molecule has 0 saturated carbocycles. The van der Waals surface area contributed by atoms with Gasteiger partial charge in [0, 0.05) is 12.6 Å². The molecule has 1 aromatic rings. The van der Waals surface area contributed by atoms with Gasteiger partial charge in [0.05, 0.1) is 0 Å². The van der Waals surface area contributed by atoms with E-state index in [0.29, 0.717) is 18.5 Å². The number of benzene rings is 1. The molecule has 7 heteroatoms. The maximum Gasteiger partial charge on any atom is 0.408 e. The highest BCUT2D eigenvalue weighted by Gasteiger charge is 2.38. The predicted octanol–water partition coefficient (Wildman–Crippen LogP) is 6.24. The molecule has 0 bridgehead atoms. The number of alkyl carbamates (subject to hydrolysis) is 1. The Bertz CT molecular complexity index is 893. The van der Waals surface area contributed by atoms with Gasteiger partial charge in [-0.25, -0.2) is 4.79 Å². The van der Waals surface area contributed by atoms with E-state index in [4.69, 9.17) is 4.74 Å². The van der Waals surface area contributed by atoms with Crippen LogP contribution in [-0.2, 0) is 14.3 Å². The topological polar surface area (TPSA) is 87.7 Å². The maximum absolute atomic E-state index is 14.2. The van der Waals surface area contributed by atoms with E-state index in [1.165, 1.54) is 0 Å².